The fraction of sp³-hybridized carbons (Fsp3) is 0.462. The summed E-state index contributed by atoms with van der Waals surface area (Å²) in [4.78, 5) is 11.6. The Morgan fingerprint density at radius 1 is 1.35 bits per heavy atom. The summed E-state index contributed by atoms with van der Waals surface area (Å²) in [5.74, 6) is 0.332. The van der Waals surface area contributed by atoms with Crippen molar-refractivity contribution in [1.29, 1.82) is 0 Å². The number of carbonyl (C=O) groups excluding carboxylic acids is 1. The van der Waals surface area contributed by atoms with Gasteiger partial charge < -0.3 is 16.0 Å². The SMILES string of the molecule is O=C(NCC1CCNC1)Nc1ccccc1C(F)(F)F. The standard InChI is InChI=1S/C13H16F3N3O/c14-13(15,16)10-3-1-2-4-11(10)19-12(20)18-8-9-5-6-17-7-9/h1-4,9,17H,5-8H2,(H2,18,19,20). The molecule has 1 aromatic carbocycles. The molecule has 2 amide bonds. The quantitative estimate of drug-likeness (QED) is 0.800. The van der Waals surface area contributed by atoms with Crippen LogP contribution in [0.15, 0.2) is 24.3 Å². The number of urea groups is 1. The lowest BCUT2D eigenvalue weighted by Gasteiger charge is -2.15. The number of carbonyl (C=O) groups is 1. The van der Waals surface area contributed by atoms with E-state index in [1.54, 1.807) is 0 Å². The minimum absolute atomic E-state index is 0.234. The smallest absolute Gasteiger partial charge is 0.338 e. The third-order valence-electron chi connectivity index (χ3n) is 3.19. The van der Waals surface area contributed by atoms with Crippen LogP contribution < -0.4 is 16.0 Å². The third-order valence-corrected chi connectivity index (χ3v) is 3.19. The van der Waals surface area contributed by atoms with Gasteiger partial charge in [-0.2, -0.15) is 13.2 Å². The largest absolute Gasteiger partial charge is 0.418 e. The minimum atomic E-state index is -4.49. The maximum Gasteiger partial charge on any atom is 0.418 e. The summed E-state index contributed by atoms with van der Waals surface area (Å²) in [6.07, 6.45) is -3.53. The van der Waals surface area contributed by atoms with Crippen LogP contribution in [-0.4, -0.2) is 25.7 Å². The zero-order chi connectivity index (χ0) is 14.6. The van der Waals surface area contributed by atoms with Crippen molar-refractivity contribution in [2.45, 2.75) is 12.6 Å². The highest BCUT2D eigenvalue weighted by atomic mass is 19.4. The molecule has 0 spiro atoms. The first-order valence-corrected chi connectivity index (χ1v) is 6.38. The lowest BCUT2D eigenvalue weighted by atomic mass is 10.1. The summed E-state index contributed by atoms with van der Waals surface area (Å²) in [6.45, 7) is 2.18. The van der Waals surface area contributed by atoms with Gasteiger partial charge in [-0.3, -0.25) is 0 Å². The van der Waals surface area contributed by atoms with E-state index in [1.165, 1.54) is 18.2 Å². The summed E-state index contributed by atoms with van der Waals surface area (Å²) >= 11 is 0. The first-order valence-electron chi connectivity index (χ1n) is 6.38. The van der Waals surface area contributed by atoms with Gasteiger partial charge in [-0.15, -0.1) is 0 Å². The molecular formula is C13H16F3N3O. The number of hydrogen-bond acceptors (Lipinski definition) is 2. The molecule has 2 rings (SSSR count). The molecule has 3 N–H and O–H groups in total. The number of hydrogen-bond donors (Lipinski definition) is 3. The number of para-hydroxylation sites is 1. The highest BCUT2D eigenvalue weighted by Crippen LogP contribution is 2.34. The molecule has 0 radical (unpaired) electrons. The highest BCUT2D eigenvalue weighted by molar-refractivity contribution is 5.90. The lowest BCUT2D eigenvalue weighted by Crippen LogP contribution is -2.34. The normalized spacial score (nSPS) is 18.9. The Hall–Kier alpha value is -1.76. The third kappa shape index (κ3) is 3.86. The van der Waals surface area contributed by atoms with Crippen molar-refractivity contribution in [3.63, 3.8) is 0 Å². The molecule has 1 unspecified atom stereocenters. The molecule has 1 atom stereocenters. The maximum absolute atomic E-state index is 12.8. The topological polar surface area (TPSA) is 53.2 Å². The molecule has 1 saturated heterocycles. The average Bonchev–Trinajstić information content (AvgIpc) is 2.89. The number of anilines is 1. The number of halogens is 3. The van der Waals surface area contributed by atoms with Crippen molar-refractivity contribution in [2.24, 2.45) is 5.92 Å². The van der Waals surface area contributed by atoms with E-state index in [9.17, 15) is 18.0 Å². The summed E-state index contributed by atoms with van der Waals surface area (Å²) in [7, 11) is 0. The predicted molar refractivity (Wildman–Crippen MR) is 69.4 cm³/mol. The Bertz CT molecular complexity index is 470. The molecule has 1 aromatic rings. The van der Waals surface area contributed by atoms with Crippen LogP contribution in [0.1, 0.15) is 12.0 Å². The van der Waals surface area contributed by atoms with Crippen LogP contribution in [0.25, 0.3) is 0 Å². The van der Waals surface area contributed by atoms with Crippen LogP contribution in [0.4, 0.5) is 23.7 Å². The second kappa shape index (κ2) is 6.13. The number of alkyl halides is 3. The van der Waals surface area contributed by atoms with Crippen LogP contribution in [0.3, 0.4) is 0 Å². The average molecular weight is 287 g/mol. The summed E-state index contributed by atoms with van der Waals surface area (Å²) in [5, 5.41) is 8.00. The lowest BCUT2D eigenvalue weighted by molar-refractivity contribution is -0.136. The van der Waals surface area contributed by atoms with E-state index in [-0.39, 0.29) is 5.69 Å². The van der Waals surface area contributed by atoms with Gasteiger partial charge in [-0.1, -0.05) is 12.1 Å². The van der Waals surface area contributed by atoms with Crippen molar-refractivity contribution < 1.29 is 18.0 Å². The van der Waals surface area contributed by atoms with E-state index >= 15 is 0 Å². The number of amides is 2. The Kier molecular flexibility index (Phi) is 4.49. The molecule has 4 nitrogen and oxygen atoms in total. The number of nitrogens with one attached hydrogen (secondary N) is 3. The molecule has 1 heterocycles. The van der Waals surface area contributed by atoms with Gasteiger partial charge in [0.2, 0.25) is 0 Å². The molecule has 1 fully saturated rings. The van der Waals surface area contributed by atoms with Crippen LogP contribution in [0.5, 0.6) is 0 Å². The molecular weight excluding hydrogens is 271 g/mol. The van der Waals surface area contributed by atoms with Gasteiger partial charge in [0.05, 0.1) is 11.3 Å². The zero-order valence-corrected chi connectivity index (χ0v) is 10.8. The zero-order valence-electron chi connectivity index (χ0n) is 10.8. The van der Waals surface area contributed by atoms with E-state index in [0.29, 0.717) is 12.5 Å². The van der Waals surface area contributed by atoms with Gasteiger partial charge in [0.15, 0.2) is 0 Å². The van der Waals surface area contributed by atoms with Crippen LogP contribution in [0, 0.1) is 5.92 Å². The van der Waals surface area contributed by atoms with Crippen LogP contribution >= 0.6 is 0 Å². The van der Waals surface area contributed by atoms with Crippen molar-refractivity contribution in [1.82, 2.24) is 10.6 Å². The van der Waals surface area contributed by atoms with Crippen LogP contribution in [0.2, 0.25) is 0 Å². The van der Waals surface area contributed by atoms with E-state index < -0.39 is 17.8 Å². The van der Waals surface area contributed by atoms with Gasteiger partial charge in [0.25, 0.3) is 0 Å². The number of benzene rings is 1. The van der Waals surface area contributed by atoms with Gasteiger partial charge in [0.1, 0.15) is 0 Å². The second-order valence-corrected chi connectivity index (χ2v) is 4.74. The molecule has 20 heavy (non-hydrogen) atoms. The van der Waals surface area contributed by atoms with E-state index in [4.69, 9.17) is 0 Å². The molecule has 7 heteroatoms. The minimum Gasteiger partial charge on any atom is -0.338 e. The first-order chi connectivity index (χ1) is 9.47. The molecule has 0 saturated carbocycles. The molecule has 1 aliphatic rings. The molecule has 0 aromatic heterocycles. The van der Waals surface area contributed by atoms with Gasteiger partial charge >= 0.3 is 12.2 Å². The predicted octanol–water partition coefficient (Wildman–Crippen LogP) is 2.44. The first kappa shape index (κ1) is 14.6. The summed E-state index contributed by atoms with van der Waals surface area (Å²) < 4.78 is 38.3. The molecule has 1 aliphatic heterocycles. The fourth-order valence-corrected chi connectivity index (χ4v) is 2.13. The fourth-order valence-electron chi connectivity index (χ4n) is 2.13. The van der Waals surface area contributed by atoms with Gasteiger partial charge in [-0.25, -0.2) is 4.79 Å². The van der Waals surface area contributed by atoms with Crippen molar-refractivity contribution in [2.75, 3.05) is 25.0 Å². The Labute approximate surface area is 114 Å². The van der Waals surface area contributed by atoms with E-state index in [1.807, 2.05) is 0 Å². The van der Waals surface area contributed by atoms with Crippen molar-refractivity contribution in [3.05, 3.63) is 29.8 Å². The van der Waals surface area contributed by atoms with Crippen molar-refractivity contribution >= 4 is 11.7 Å². The Balaban J connectivity index is 1.93. The van der Waals surface area contributed by atoms with Gasteiger partial charge in [-0.05, 0) is 37.6 Å². The summed E-state index contributed by atoms with van der Waals surface area (Å²) in [5.41, 5.74) is -1.08. The Morgan fingerprint density at radius 2 is 2.10 bits per heavy atom. The molecule has 110 valence electrons. The molecule has 0 bridgehead atoms. The van der Waals surface area contributed by atoms with E-state index in [0.717, 1.165) is 25.6 Å². The van der Waals surface area contributed by atoms with E-state index in [2.05, 4.69) is 16.0 Å². The van der Waals surface area contributed by atoms with Crippen LogP contribution in [-0.2, 0) is 6.18 Å². The van der Waals surface area contributed by atoms with Crippen molar-refractivity contribution in [3.8, 4) is 0 Å². The number of rotatable bonds is 3. The van der Waals surface area contributed by atoms with Gasteiger partial charge in [0, 0.05) is 6.54 Å². The summed E-state index contributed by atoms with van der Waals surface area (Å²) in [6, 6.07) is 4.30. The Morgan fingerprint density at radius 3 is 2.75 bits per heavy atom. The highest BCUT2D eigenvalue weighted by Gasteiger charge is 2.33. The monoisotopic (exact) mass is 287 g/mol. The maximum atomic E-state index is 12.8. The molecule has 0 aliphatic carbocycles. The second-order valence-electron chi connectivity index (χ2n) is 4.74.